The summed E-state index contributed by atoms with van der Waals surface area (Å²) in [5, 5.41) is 10.3. The zero-order valence-electron chi connectivity index (χ0n) is 13.4. The summed E-state index contributed by atoms with van der Waals surface area (Å²) >= 11 is 0. The molecule has 0 radical (unpaired) electrons. The van der Waals surface area contributed by atoms with Crippen LogP contribution in [0.15, 0.2) is 42.5 Å². The molecule has 6 heteroatoms. The number of aromatic nitrogens is 1. The highest BCUT2D eigenvalue weighted by Gasteiger charge is 2.21. The maximum atomic E-state index is 13.3. The third kappa shape index (κ3) is 3.28. The summed E-state index contributed by atoms with van der Waals surface area (Å²) in [5.41, 5.74) is 1.61. The molecule has 1 heterocycles. The highest BCUT2D eigenvalue weighted by molar-refractivity contribution is 5.98. The van der Waals surface area contributed by atoms with Crippen LogP contribution in [0, 0.1) is 11.6 Å². The van der Waals surface area contributed by atoms with Gasteiger partial charge in [-0.25, -0.2) is 18.6 Å². The van der Waals surface area contributed by atoms with E-state index in [1.807, 2.05) is 19.1 Å². The van der Waals surface area contributed by atoms with Crippen LogP contribution < -0.4 is 4.74 Å². The molecule has 0 saturated heterocycles. The lowest BCUT2D eigenvalue weighted by Crippen LogP contribution is -2.10. The quantitative estimate of drug-likeness (QED) is 0.748. The highest BCUT2D eigenvalue weighted by Crippen LogP contribution is 2.29. The van der Waals surface area contributed by atoms with Crippen molar-refractivity contribution in [1.82, 2.24) is 4.98 Å². The molecule has 0 bridgehead atoms. The van der Waals surface area contributed by atoms with Gasteiger partial charge in [0.15, 0.2) is 11.6 Å². The smallest absolute Gasteiger partial charge is 0.341 e. The molecule has 0 amide bonds. The Labute approximate surface area is 142 Å². The van der Waals surface area contributed by atoms with E-state index < -0.39 is 17.6 Å². The van der Waals surface area contributed by atoms with Crippen LogP contribution in [0.3, 0.4) is 0 Å². The summed E-state index contributed by atoms with van der Waals surface area (Å²) in [4.78, 5) is 16.0. The number of nitrogens with zero attached hydrogens (tertiary/aromatic N) is 1. The number of aryl methyl sites for hydroxylation is 1. The number of rotatable bonds is 5. The predicted molar refractivity (Wildman–Crippen MR) is 88.8 cm³/mol. The molecule has 25 heavy (non-hydrogen) atoms. The molecule has 0 fully saturated rings. The maximum absolute atomic E-state index is 13.3. The average Bonchev–Trinajstić information content (AvgIpc) is 2.61. The normalized spacial score (nSPS) is 10.8. The topological polar surface area (TPSA) is 59.4 Å². The van der Waals surface area contributed by atoms with Gasteiger partial charge < -0.3 is 9.84 Å². The van der Waals surface area contributed by atoms with Crippen LogP contribution >= 0.6 is 0 Å². The van der Waals surface area contributed by atoms with Gasteiger partial charge in [0.25, 0.3) is 0 Å². The second-order valence-electron chi connectivity index (χ2n) is 5.48. The number of carboxylic acids is 1. The Morgan fingerprint density at radius 1 is 1.16 bits per heavy atom. The van der Waals surface area contributed by atoms with Crippen LogP contribution in [0.2, 0.25) is 0 Å². The number of aromatic carboxylic acids is 1. The third-order valence-corrected chi connectivity index (χ3v) is 3.89. The number of carbonyl (C=O) groups is 1. The van der Waals surface area contributed by atoms with Gasteiger partial charge in [-0.15, -0.1) is 0 Å². The summed E-state index contributed by atoms with van der Waals surface area (Å²) in [6, 6.07) is 10.6. The van der Waals surface area contributed by atoms with Crippen molar-refractivity contribution in [2.45, 2.75) is 20.0 Å². The standard InChI is InChI=1S/C19H15F2NO3/c1-2-12-13-5-3-4-6-16(13)22-18(17(12)19(23)24)25-10-11-7-8-14(20)15(21)9-11/h3-9H,2,10H2,1H3,(H,23,24). The molecule has 0 atom stereocenters. The van der Waals surface area contributed by atoms with Crippen LogP contribution in [-0.4, -0.2) is 16.1 Å². The lowest BCUT2D eigenvalue weighted by atomic mass is 10.0. The van der Waals surface area contributed by atoms with E-state index in [0.717, 1.165) is 17.5 Å². The molecule has 0 aliphatic heterocycles. The Balaban J connectivity index is 2.03. The third-order valence-electron chi connectivity index (χ3n) is 3.89. The van der Waals surface area contributed by atoms with Gasteiger partial charge >= 0.3 is 5.97 Å². The SMILES string of the molecule is CCc1c(C(=O)O)c(OCc2ccc(F)c(F)c2)nc2ccccc12. The van der Waals surface area contributed by atoms with Crippen LogP contribution in [0.4, 0.5) is 8.78 Å². The van der Waals surface area contributed by atoms with Crippen molar-refractivity contribution in [3.05, 3.63) is 70.8 Å². The minimum atomic E-state index is -1.14. The summed E-state index contributed by atoms with van der Waals surface area (Å²) < 4.78 is 31.8. The number of halogens is 2. The minimum absolute atomic E-state index is 0.0104. The minimum Gasteiger partial charge on any atom is -0.477 e. The predicted octanol–water partition coefficient (Wildman–Crippen LogP) is 4.35. The van der Waals surface area contributed by atoms with Crippen molar-refractivity contribution >= 4 is 16.9 Å². The summed E-state index contributed by atoms with van der Waals surface area (Å²) in [5.74, 6) is -3.12. The number of benzene rings is 2. The van der Waals surface area contributed by atoms with Crippen molar-refractivity contribution in [3.8, 4) is 5.88 Å². The molecule has 2 aromatic carbocycles. The van der Waals surface area contributed by atoms with E-state index in [1.54, 1.807) is 12.1 Å². The first-order valence-electron chi connectivity index (χ1n) is 7.73. The first-order chi connectivity index (χ1) is 12.0. The van der Waals surface area contributed by atoms with Crippen LogP contribution in [0.25, 0.3) is 10.9 Å². The second-order valence-corrected chi connectivity index (χ2v) is 5.48. The summed E-state index contributed by atoms with van der Waals surface area (Å²) in [6.45, 7) is 1.74. The Bertz CT molecular complexity index is 957. The Morgan fingerprint density at radius 2 is 1.92 bits per heavy atom. The molecule has 0 aliphatic carbocycles. The van der Waals surface area contributed by atoms with Crippen molar-refractivity contribution in [2.24, 2.45) is 0 Å². The highest BCUT2D eigenvalue weighted by atomic mass is 19.2. The first kappa shape index (κ1) is 16.8. The fourth-order valence-electron chi connectivity index (χ4n) is 2.73. The fraction of sp³-hybridized carbons (Fsp3) is 0.158. The molecule has 1 N–H and O–H groups in total. The molecule has 0 spiro atoms. The molecule has 3 rings (SSSR count). The van der Waals surface area contributed by atoms with E-state index in [2.05, 4.69) is 4.98 Å². The molecule has 0 saturated carbocycles. The summed E-state index contributed by atoms with van der Waals surface area (Å²) in [6.07, 6.45) is 0.492. The number of carboxylic acid groups (broad SMARTS) is 1. The number of fused-ring (bicyclic) bond motifs is 1. The zero-order chi connectivity index (χ0) is 18.0. The molecule has 0 unspecified atom stereocenters. The number of hydrogen-bond donors (Lipinski definition) is 1. The Kier molecular flexibility index (Phi) is 4.61. The van der Waals surface area contributed by atoms with Gasteiger partial charge in [0.05, 0.1) is 5.52 Å². The molecule has 128 valence electrons. The number of hydrogen-bond acceptors (Lipinski definition) is 3. The Hall–Kier alpha value is -3.02. The molecular weight excluding hydrogens is 328 g/mol. The number of para-hydroxylation sites is 1. The van der Waals surface area contributed by atoms with Gasteiger partial charge in [0.2, 0.25) is 5.88 Å². The van der Waals surface area contributed by atoms with Gasteiger partial charge in [-0.3, -0.25) is 0 Å². The lowest BCUT2D eigenvalue weighted by molar-refractivity contribution is 0.0689. The zero-order valence-corrected chi connectivity index (χ0v) is 13.4. The van der Waals surface area contributed by atoms with Crippen LogP contribution in [0.5, 0.6) is 5.88 Å². The van der Waals surface area contributed by atoms with Crippen LogP contribution in [-0.2, 0) is 13.0 Å². The first-order valence-corrected chi connectivity index (χ1v) is 7.73. The van der Waals surface area contributed by atoms with E-state index >= 15 is 0 Å². The van der Waals surface area contributed by atoms with E-state index in [0.29, 0.717) is 23.1 Å². The van der Waals surface area contributed by atoms with Gasteiger partial charge in [0.1, 0.15) is 12.2 Å². The Morgan fingerprint density at radius 3 is 2.60 bits per heavy atom. The van der Waals surface area contributed by atoms with Crippen molar-refractivity contribution < 1.29 is 23.4 Å². The molecule has 4 nitrogen and oxygen atoms in total. The average molecular weight is 343 g/mol. The van der Waals surface area contributed by atoms with E-state index in [4.69, 9.17) is 4.74 Å². The molecule has 0 aliphatic rings. The molecule has 3 aromatic rings. The van der Waals surface area contributed by atoms with E-state index in [1.165, 1.54) is 6.07 Å². The van der Waals surface area contributed by atoms with Crippen molar-refractivity contribution in [1.29, 1.82) is 0 Å². The van der Waals surface area contributed by atoms with E-state index in [-0.39, 0.29) is 18.1 Å². The largest absolute Gasteiger partial charge is 0.477 e. The lowest BCUT2D eigenvalue weighted by Gasteiger charge is -2.14. The van der Waals surface area contributed by atoms with Crippen molar-refractivity contribution in [3.63, 3.8) is 0 Å². The van der Waals surface area contributed by atoms with Gasteiger partial charge in [-0.1, -0.05) is 31.2 Å². The van der Waals surface area contributed by atoms with Gasteiger partial charge in [-0.2, -0.15) is 0 Å². The fourth-order valence-corrected chi connectivity index (χ4v) is 2.73. The van der Waals surface area contributed by atoms with Crippen molar-refractivity contribution in [2.75, 3.05) is 0 Å². The molecular formula is C19H15F2NO3. The maximum Gasteiger partial charge on any atom is 0.341 e. The number of pyridine rings is 1. The van der Waals surface area contributed by atoms with Gasteiger partial charge in [-0.05, 0) is 35.7 Å². The number of ether oxygens (including phenoxy) is 1. The van der Waals surface area contributed by atoms with E-state index in [9.17, 15) is 18.7 Å². The van der Waals surface area contributed by atoms with Crippen LogP contribution in [0.1, 0.15) is 28.4 Å². The second kappa shape index (κ2) is 6.84. The monoisotopic (exact) mass is 343 g/mol. The molecule has 1 aromatic heterocycles. The summed E-state index contributed by atoms with van der Waals surface area (Å²) in [7, 11) is 0. The van der Waals surface area contributed by atoms with Gasteiger partial charge in [0, 0.05) is 5.39 Å².